The first-order valence-electron chi connectivity index (χ1n) is 5.69. The summed E-state index contributed by atoms with van der Waals surface area (Å²) in [5.41, 5.74) is 3.88. The Balaban J connectivity index is 2.43. The van der Waals surface area contributed by atoms with Crippen LogP contribution in [0.2, 0.25) is 0 Å². The summed E-state index contributed by atoms with van der Waals surface area (Å²) in [6.45, 7) is 4.26. The predicted octanol–water partition coefficient (Wildman–Crippen LogP) is 3.91. The molecule has 0 spiro atoms. The summed E-state index contributed by atoms with van der Waals surface area (Å²) in [5, 5.41) is 0. The fraction of sp³-hybridized carbons (Fsp3) is 0.286. The molecule has 0 N–H and O–H groups in total. The smallest absolute Gasteiger partial charge is 0.0894 e. The molecule has 0 amide bonds. The lowest BCUT2D eigenvalue weighted by Gasteiger charge is -2.07. The Morgan fingerprint density at radius 1 is 1.29 bits per heavy atom. The highest BCUT2D eigenvalue weighted by Crippen LogP contribution is 2.16. The number of benzene rings is 1. The van der Waals surface area contributed by atoms with Crippen LogP contribution in [0.4, 0.5) is 0 Å². The van der Waals surface area contributed by atoms with Gasteiger partial charge < -0.3 is 0 Å². The van der Waals surface area contributed by atoms with Crippen LogP contribution in [0.1, 0.15) is 19.5 Å². The minimum absolute atomic E-state index is 0.431. The topological polar surface area (TPSA) is 25.8 Å². The second kappa shape index (κ2) is 5.28. The molecule has 0 aliphatic heterocycles. The molecule has 0 aliphatic carbocycles. The Hall–Kier alpha value is -1.41. The van der Waals surface area contributed by atoms with Crippen LogP contribution in [-0.2, 0) is 0 Å². The van der Waals surface area contributed by atoms with Crippen LogP contribution in [0.15, 0.2) is 36.0 Å². The molecular formula is C14H15ClN2. The zero-order valence-corrected chi connectivity index (χ0v) is 10.8. The summed E-state index contributed by atoms with van der Waals surface area (Å²) >= 11 is 5.91. The van der Waals surface area contributed by atoms with E-state index in [1.807, 2.05) is 30.3 Å². The number of hydrogen-bond donors (Lipinski definition) is 0. The summed E-state index contributed by atoms with van der Waals surface area (Å²) in [5.74, 6) is 0.965. The maximum atomic E-state index is 5.91. The molecule has 0 bridgehead atoms. The third-order valence-electron chi connectivity index (χ3n) is 2.70. The summed E-state index contributed by atoms with van der Waals surface area (Å²) in [6, 6.07) is 7.86. The monoisotopic (exact) mass is 246 g/mol. The van der Waals surface area contributed by atoms with Crippen molar-refractivity contribution in [3.05, 3.63) is 41.7 Å². The molecule has 17 heavy (non-hydrogen) atoms. The molecule has 0 fully saturated rings. The van der Waals surface area contributed by atoms with Crippen molar-refractivity contribution < 1.29 is 0 Å². The molecule has 0 radical (unpaired) electrons. The highest BCUT2D eigenvalue weighted by atomic mass is 35.5. The minimum atomic E-state index is 0.431. The minimum Gasteiger partial charge on any atom is -0.252 e. The summed E-state index contributed by atoms with van der Waals surface area (Å²) in [4.78, 5) is 8.93. The zero-order valence-electron chi connectivity index (χ0n) is 10.0. The Labute approximate surface area is 106 Å². The van der Waals surface area contributed by atoms with Gasteiger partial charge in [-0.05, 0) is 24.1 Å². The first kappa shape index (κ1) is 12.1. The van der Waals surface area contributed by atoms with Crippen molar-refractivity contribution in [3.63, 3.8) is 0 Å². The highest BCUT2D eigenvalue weighted by Gasteiger charge is 2.03. The SMILES string of the molecule is CC(C)C(=Cc1cnc2ccccc2n1)CCl. The largest absolute Gasteiger partial charge is 0.252 e. The van der Waals surface area contributed by atoms with E-state index in [2.05, 4.69) is 23.8 Å². The van der Waals surface area contributed by atoms with Gasteiger partial charge in [-0.25, -0.2) is 4.98 Å². The average Bonchev–Trinajstić information content (AvgIpc) is 2.35. The number of halogens is 1. The Bertz CT molecular complexity index is 547. The number of allylic oxidation sites excluding steroid dienone is 1. The lowest BCUT2D eigenvalue weighted by atomic mass is 10.0. The van der Waals surface area contributed by atoms with E-state index in [0.29, 0.717) is 11.8 Å². The lowest BCUT2D eigenvalue weighted by molar-refractivity contribution is 0.777. The van der Waals surface area contributed by atoms with E-state index in [1.165, 1.54) is 5.57 Å². The van der Waals surface area contributed by atoms with Gasteiger partial charge in [-0.1, -0.05) is 31.6 Å². The van der Waals surface area contributed by atoms with Crippen LogP contribution in [0, 0.1) is 5.92 Å². The van der Waals surface area contributed by atoms with Crippen molar-refractivity contribution >= 4 is 28.7 Å². The fourth-order valence-electron chi connectivity index (χ4n) is 1.59. The normalized spacial score (nSPS) is 12.4. The van der Waals surface area contributed by atoms with Crippen LogP contribution < -0.4 is 0 Å². The van der Waals surface area contributed by atoms with Gasteiger partial charge in [0.15, 0.2) is 0 Å². The number of aromatic nitrogens is 2. The van der Waals surface area contributed by atoms with E-state index in [-0.39, 0.29) is 0 Å². The second-order valence-corrected chi connectivity index (χ2v) is 4.56. The average molecular weight is 247 g/mol. The third-order valence-corrected chi connectivity index (χ3v) is 3.00. The van der Waals surface area contributed by atoms with Crippen molar-refractivity contribution in [1.29, 1.82) is 0 Å². The van der Waals surface area contributed by atoms with Crippen LogP contribution in [-0.4, -0.2) is 15.8 Å². The molecular weight excluding hydrogens is 232 g/mol. The summed E-state index contributed by atoms with van der Waals surface area (Å²) in [6.07, 6.45) is 3.81. The Kier molecular flexibility index (Phi) is 3.75. The molecule has 0 unspecified atom stereocenters. The highest BCUT2D eigenvalue weighted by molar-refractivity contribution is 6.19. The molecule has 2 aromatic rings. The van der Waals surface area contributed by atoms with Gasteiger partial charge in [0.05, 0.1) is 22.9 Å². The van der Waals surface area contributed by atoms with Crippen molar-refractivity contribution in [1.82, 2.24) is 9.97 Å². The van der Waals surface area contributed by atoms with Crippen molar-refractivity contribution in [2.45, 2.75) is 13.8 Å². The molecule has 0 atom stereocenters. The van der Waals surface area contributed by atoms with Gasteiger partial charge >= 0.3 is 0 Å². The van der Waals surface area contributed by atoms with Gasteiger partial charge in [-0.3, -0.25) is 4.98 Å². The molecule has 1 aromatic carbocycles. The molecule has 1 aromatic heterocycles. The predicted molar refractivity (Wildman–Crippen MR) is 73.1 cm³/mol. The molecule has 0 aliphatic rings. The quantitative estimate of drug-likeness (QED) is 0.768. The maximum Gasteiger partial charge on any atom is 0.0894 e. The van der Waals surface area contributed by atoms with Crippen LogP contribution in [0.3, 0.4) is 0 Å². The van der Waals surface area contributed by atoms with E-state index < -0.39 is 0 Å². The summed E-state index contributed by atoms with van der Waals surface area (Å²) in [7, 11) is 0. The van der Waals surface area contributed by atoms with Crippen molar-refractivity contribution in [2.75, 3.05) is 5.88 Å². The number of hydrogen-bond acceptors (Lipinski definition) is 2. The van der Waals surface area contributed by atoms with E-state index >= 15 is 0 Å². The zero-order chi connectivity index (χ0) is 12.3. The molecule has 88 valence electrons. The molecule has 0 saturated heterocycles. The van der Waals surface area contributed by atoms with Crippen LogP contribution in [0.5, 0.6) is 0 Å². The summed E-state index contributed by atoms with van der Waals surface area (Å²) < 4.78 is 0. The van der Waals surface area contributed by atoms with Gasteiger partial charge in [0, 0.05) is 5.88 Å². The fourth-order valence-corrected chi connectivity index (χ4v) is 1.98. The Morgan fingerprint density at radius 2 is 2.00 bits per heavy atom. The maximum absolute atomic E-state index is 5.91. The molecule has 3 heteroatoms. The number of para-hydroxylation sites is 2. The van der Waals surface area contributed by atoms with E-state index in [4.69, 9.17) is 11.6 Å². The first-order valence-corrected chi connectivity index (χ1v) is 6.22. The van der Waals surface area contributed by atoms with E-state index in [0.717, 1.165) is 16.7 Å². The number of fused-ring (bicyclic) bond motifs is 1. The van der Waals surface area contributed by atoms with Gasteiger partial charge in [-0.2, -0.15) is 0 Å². The number of rotatable bonds is 3. The lowest BCUT2D eigenvalue weighted by Crippen LogP contribution is -1.96. The van der Waals surface area contributed by atoms with E-state index in [1.54, 1.807) is 6.20 Å². The van der Waals surface area contributed by atoms with Gasteiger partial charge in [0.2, 0.25) is 0 Å². The molecule has 2 rings (SSSR count). The standard InChI is InChI=1S/C14H15ClN2/c1-10(2)11(8-15)7-12-9-16-13-5-3-4-6-14(13)17-12/h3-7,9-10H,8H2,1-2H3. The van der Waals surface area contributed by atoms with E-state index in [9.17, 15) is 0 Å². The number of alkyl halides is 1. The Morgan fingerprint density at radius 3 is 2.65 bits per heavy atom. The van der Waals surface area contributed by atoms with Gasteiger partial charge in [0.1, 0.15) is 0 Å². The van der Waals surface area contributed by atoms with Gasteiger partial charge in [-0.15, -0.1) is 11.6 Å². The first-order chi connectivity index (χ1) is 8.20. The molecule has 2 nitrogen and oxygen atoms in total. The van der Waals surface area contributed by atoms with Crippen molar-refractivity contribution in [2.24, 2.45) is 5.92 Å². The molecule has 1 heterocycles. The van der Waals surface area contributed by atoms with Crippen LogP contribution in [0.25, 0.3) is 17.1 Å². The number of nitrogens with zero attached hydrogens (tertiary/aromatic N) is 2. The van der Waals surface area contributed by atoms with Gasteiger partial charge in [0.25, 0.3) is 0 Å². The molecule has 0 saturated carbocycles. The third kappa shape index (κ3) is 2.83. The van der Waals surface area contributed by atoms with Crippen molar-refractivity contribution in [3.8, 4) is 0 Å². The van der Waals surface area contributed by atoms with Crippen LogP contribution >= 0.6 is 11.6 Å². The second-order valence-electron chi connectivity index (χ2n) is 4.29.